The van der Waals surface area contributed by atoms with E-state index in [9.17, 15) is 0 Å². The van der Waals surface area contributed by atoms with Crippen LogP contribution in [0.5, 0.6) is 0 Å². The van der Waals surface area contributed by atoms with E-state index in [0.29, 0.717) is 0 Å². The lowest BCUT2D eigenvalue weighted by Gasteiger charge is -2.19. The van der Waals surface area contributed by atoms with Gasteiger partial charge in [-0.05, 0) is 78.7 Å². The van der Waals surface area contributed by atoms with Crippen LogP contribution in [-0.4, -0.2) is 0 Å². The van der Waals surface area contributed by atoms with Gasteiger partial charge in [-0.3, -0.25) is 0 Å². The number of hydrogen-bond acceptors (Lipinski definition) is 2. The maximum Gasteiger partial charge on any atom is 0.143 e. The van der Waals surface area contributed by atoms with Gasteiger partial charge in [0.1, 0.15) is 11.2 Å². The number of fused-ring (bicyclic) bond motifs is 8. The number of para-hydroxylation sites is 2. The molecule has 0 radical (unpaired) electrons. The van der Waals surface area contributed by atoms with Crippen LogP contribution in [0.1, 0.15) is 0 Å². The molecule has 11 aromatic rings. The van der Waals surface area contributed by atoms with E-state index in [1.807, 2.05) is 23.5 Å². The molecule has 2 heteroatoms. The molecular formula is C50H30OS. The second kappa shape index (κ2) is 11.5. The van der Waals surface area contributed by atoms with Gasteiger partial charge in [-0.2, -0.15) is 0 Å². The minimum Gasteiger partial charge on any atom is -0.455 e. The number of hydrogen-bond donors (Lipinski definition) is 0. The van der Waals surface area contributed by atoms with Crippen molar-refractivity contribution in [2.75, 3.05) is 0 Å². The quantitative estimate of drug-likeness (QED) is 0.169. The molecule has 0 aliphatic carbocycles. The van der Waals surface area contributed by atoms with Crippen molar-refractivity contribution in [3.05, 3.63) is 182 Å². The smallest absolute Gasteiger partial charge is 0.143 e. The summed E-state index contributed by atoms with van der Waals surface area (Å²) >= 11 is 1.88. The summed E-state index contributed by atoms with van der Waals surface area (Å²) in [5.74, 6) is 0. The molecule has 0 N–H and O–H groups in total. The van der Waals surface area contributed by atoms with Gasteiger partial charge in [0, 0.05) is 36.5 Å². The third kappa shape index (κ3) is 4.35. The van der Waals surface area contributed by atoms with Gasteiger partial charge in [-0.25, -0.2) is 0 Å². The van der Waals surface area contributed by atoms with Crippen molar-refractivity contribution in [3.8, 4) is 44.5 Å². The van der Waals surface area contributed by atoms with Crippen LogP contribution in [0, 0.1) is 0 Å². The van der Waals surface area contributed by atoms with Crippen LogP contribution >= 0.6 is 11.3 Å². The molecule has 52 heavy (non-hydrogen) atoms. The Bertz CT molecular complexity index is 3120. The monoisotopic (exact) mass is 678 g/mol. The van der Waals surface area contributed by atoms with Crippen LogP contribution < -0.4 is 0 Å². The molecule has 1 nitrogen and oxygen atoms in total. The predicted octanol–water partition coefficient (Wildman–Crippen LogP) is 14.9. The molecule has 9 aromatic carbocycles. The van der Waals surface area contributed by atoms with Gasteiger partial charge in [0.25, 0.3) is 0 Å². The van der Waals surface area contributed by atoms with Gasteiger partial charge < -0.3 is 4.42 Å². The summed E-state index contributed by atoms with van der Waals surface area (Å²) in [5.41, 5.74) is 11.5. The molecule has 2 heterocycles. The number of furan rings is 1. The Kier molecular flexibility index (Phi) is 6.49. The average molecular weight is 679 g/mol. The summed E-state index contributed by atoms with van der Waals surface area (Å²) in [5, 5.41) is 10.0. The van der Waals surface area contributed by atoms with Gasteiger partial charge in [-0.15, -0.1) is 11.3 Å². The summed E-state index contributed by atoms with van der Waals surface area (Å²) in [6, 6.07) is 66.1. The van der Waals surface area contributed by atoms with Crippen molar-refractivity contribution in [3.63, 3.8) is 0 Å². The van der Waals surface area contributed by atoms with Crippen molar-refractivity contribution in [1.82, 2.24) is 0 Å². The van der Waals surface area contributed by atoms with E-state index in [-0.39, 0.29) is 0 Å². The SMILES string of the molecule is c1ccc(-c2cccc3c2oc2ccccc23)c(-c2ccc(-c3c4ccccc4c(-c4cccc5sc6ccccc6c45)c4ccccc34)cc2)c1. The molecule has 2 aromatic heterocycles. The molecule has 0 spiro atoms. The van der Waals surface area contributed by atoms with Crippen molar-refractivity contribution in [2.45, 2.75) is 0 Å². The molecule has 11 rings (SSSR count). The zero-order chi connectivity index (χ0) is 34.2. The average Bonchev–Trinajstić information content (AvgIpc) is 3.79. The first-order chi connectivity index (χ1) is 25.8. The summed E-state index contributed by atoms with van der Waals surface area (Å²) in [7, 11) is 0. The molecule has 0 bridgehead atoms. The van der Waals surface area contributed by atoms with Crippen LogP contribution in [0.15, 0.2) is 186 Å². The number of thiophene rings is 1. The molecular weight excluding hydrogens is 649 g/mol. The Morgan fingerprint density at radius 3 is 1.56 bits per heavy atom. The second-order valence-electron chi connectivity index (χ2n) is 13.5. The normalized spacial score (nSPS) is 11.8. The van der Waals surface area contributed by atoms with Gasteiger partial charge in [0.05, 0.1) is 0 Å². The van der Waals surface area contributed by atoms with Gasteiger partial charge in [0.2, 0.25) is 0 Å². The minimum atomic E-state index is 0.914. The second-order valence-corrected chi connectivity index (χ2v) is 14.6. The van der Waals surface area contributed by atoms with E-state index >= 15 is 0 Å². The molecule has 0 aliphatic heterocycles. The van der Waals surface area contributed by atoms with Gasteiger partial charge in [0.15, 0.2) is 0 Å². The summed E-state index contributed by atoms with van der Waals surface area (Å²) in [6.45, 7) is 0. The first-order valence-electron chi connectivity index (χ1n) is 17.8. The van der Waals surface area contributed by atoms with Crippen LogP contribution in [0.25, 0.3) is 108 Å². The standard InChI is InChI=1S/C50H30OS/c1-2-14-34(40-21-11-22-41-35-15-7-9-24-44(35)51-50(40)41)33(13-1)31-27-29-32(30-28-31)47-36-16-3-5-18-38(36)48(39-19-6-4-17-37(39)47)43-23-12-26-46-49(43)42-20-8-10-25-45(42)52-46/h1-30H. The van der Waals surface area contributed by atoms with Crippen LogP contribution in [0.3, 0.4) is 0 Å². The molecule has 0 fully saturated rings. The number of benzene rings is 9. The lowest BCUT2D eigenvalue weighted by Crippen LogP contribution is -1.91. The van der Waals surface area contributed by atoms with Gasteiger partial charge in [-0.1, -0.05) is 164 Å². The molecule has 0 atom stereocenters. The zero-order valence-corrected chi connectivity index (χ0v) is 29.0. The topological polar surface area (TPSA) is 13.1 Å². The molecule has 0 aliphatic rings. The van der Waals surface area contributed by atoms with E-state index in [1.165, 1.54) is 75.1 Å². The summed E-state index contributed by atoms with van der Waals surface area (Å²) in [4.78, 5) is 0. The Hall–Kier alpha value is -6.48. The van der Waals surface area contributed by atoms with E-state index < -0.39 is 0 Å². The molecule has 0 saturated carbocycles. The lowest BCUT2D eigenvalue weighted by molar-refractivity contribution is 0.670. The van der Waals surface area contributed by atoms with Crippen molar-refractivity contribution in [2.24, 2.45) is 0 Å². The molecule has 0 amide bonds. The van der Waals surface area contributed by atoms with Crippen molar-refractivity contribution < 1.29 is 4.42 Å². The Labute approximate surface area is 304 Å². The maximum atomic E-state index is 6.47. The fraction of sp³-hybridized carbons (Fsp3) is 0. The molecule has 0 unspecified atom stereocenters. The third-order valence-electron chi connectivity index (χ3n) is 10.7. The largest absolute Gasteiger partial charge is 0.455 e. The highest BCUT2D eigenvalue weighted by Gasteiger charge is 2.20. The Morgan fingerprint density at radius 2 is 0.808 bits per heavy atom. The number of rotatable bonds is 4. The van der Waals surface area contributed by atoms with E-state index in [4.69, 9.17) is 4.42 Å². The maximum absolute atomic E-state index is 6.47. The minimum absolute atomic E-state index is 0.914. The van der Waals surface area contributed by atoms with Crippen LogP contribution in [0.4, 0.5) is 0 Å². The summed E-state index contributed by atoms with van der Waals surface area (Å²) < 4.78 is 9.12. The van der Waals surface area contributed by atoms with E-state index in [1.54, 1.807) is 0 Å². The zero-order valence-electron chi connectivity index (χ0n) is 28.1. The Balaban J connectivity index is 1.10. The lowest BCUT2D eigenvalue weighted by atomic mass is 9.84. The molecule has 0 saturated heterocycles. The van der Waals surface area contributed by atoms with E-state index in [2.05, 4.69) is 170 Å². The fourth-order valence-corrected chi connectivity index (χ4v) is 9.59. The predicted molar refractivity (Wildman–Crippen MR) is 223 cm³/mol. The first-order valence-corrected chi connectivity index (χ1v) is 18.6. The van der Waals surface area contributed by atoms with Gasteiger partial charge >= 0.3 is 0 Å². The fourth-order valence-electron chi connectivity index (χ4n) is 8.46. The van der Waals surface area contributed by atoms with Crippen molar-refractivity contribution >= 4 is 75.0 Å². The van der Waals surface area contributed by atoms with Crippen molar-refractivity contribution in [1.29, 1.82) is 0 Å². The molecule has 242 valence electrons. The van der Waals surface area contributed by atoms with E-state index in [0.717, 1.165) is 33.1 Å². The summed E-state index contributed by atoms with van der Waals surface area (Å²) in [6.07, 6.45) is 0. The highest BCUT2D eigenvalue weighted by atomic mass is 32.1. The van der Waals surface area contributed by atoms with Crippen LogP contribution in [0.2, 0.25) is 0 Å². The van der Waals surface area contributed by atoms with Crippen LogP contribution in [-0.2, 0) is 0 Å². The highest BCUT2D eigenvalue weighted by molar-refractivity contribution is 7.25. The Morgan fingerprint density at radius 1 is 0.308 bits per heavy atom. The third-order valence-corrected chi connectivity index (χ3v) is 11.8. The highest BCUT2D eigenvalue weighted by Crippen LogP contribution is 2.48. The first kappa shape index (κ1) is 29.3.